The van der Waals surface area contributed by atoms with Crippen molar-refractivity contribution in [2.45, 2.75) is 64.5 Å². The molecule has 32 heavy (non-hydrogen) atoms. The van der Waals surface area contributed by atoms with Crippen LogP contribution in [0, 0.1) is 5.92 Å². The van der Waals surface area contributed by atoms with Gasteiger partial charge in [-0.3, -0.25) is 14.5 Å². The summed E-state index contributed by atoms with van der Waals surface area (Å²) in [6.45, 7) is 6.57. The number of unbranched alkanes of at least 4 members (excludes halogenated alkanes) is 1. The second-order valence-electron chi connectivity index (χ2n) is 9.16. The average Bonchev–Trinajstić information content (AvgIpc) is 3.46. The van der Waals surface area contributed by atoms with Crippen LogP contribution < -0.4 is 10.6 Å². The lowest BCUT2D eigenvalue weighted by Gasteiger charge is -2.29. The molecule has 2 atom stereocenters. The Morgan fingerprint density at radius 3 is 2.66 bits per heavy atom. The van der Waals surface area contributed by atoms with Crippen LogP contribution in [0.25, 0.3) is 0 Å². The molecular weight excluding hydrogens is 402 g/mol. The largest absolute Gasteiger partial charge is 0.459 e. The number of nitrogens with zero attached hydrogens (tertiary/aromatic N) is 1. The van der Waals surface area contributed by atoms with Gasteiger partial charge in [-0.1, -0.05) is 44.2 Å². The number of amides is 2. The molecule has 1 saturated heterocycles. The Bertz CT molecular complexity index is 820. The summed E-state index contributed by atoms with van der Waals surface area (Å²) < 4.78 is 5.23. The van der Waals surface area contributed by atoms with E-state index in [4.69, 9.17) is 4.42 Å². The molecule has 2 amide bonds. The first kappa shape index (κ1) is 24.1. The molecule has 2 N–H and O–H groups in total. The Labute approximate surface area is 191 Å². The van der Waals surface area contributed by atoms with Gasteiger partial charge in [-0.05, 0) is 68.7 Å². The number of likely N-dealkylation sites (tertiary alicyclic amines) is 1. The lowest BCUT2D eigenvalue weighted by molar-refractivity contribution is -0.125. The van der Waals surface area contributed by atoms with Crippen LogP contribution in [-0.2, 0) is 11.2 Å². The Kier molecular flexibility index (Phi) is 9.35. The summed E-state index contributed by atoms with van der Waals surface area (Å²) in [6.07, 6.45) is 7.32. The SMILES string of the molecule is CC(C)C[C@@H](CN1CCC[C@H]1C(=O)NCCCCc1ccccc1)NC(=O)c1ccco1. The van der Waals surface area contributed by atoms with E-state index < -0.39 is 0 Å². The molecule has 0 aliphatic carbocycles. The molecule has 0 bridgehead atoms. The summed E-state index contributed by atoms with van der Waals surface area (Å²) in [4.78, 5) is 27.6. The number of carbonyl (C=O) groups excluding carboxylic acids is 2. The Balaban J connectivity index is 1.45. The third-order valence-electron chi connectivity index (χ3n) is 5.99. The van der Waals surface area contributed by atoms with Crippen molar-refractivity contribution in [1.82, 2.24) is 15.5 Å². The van der Waals surface area contributed by atoms with Crippen molar-refractivity contribution in [3.63, 3.8) is 0 Å². The number of nitrogens with one attached hydrogen (secondary N) is 2. The maximum atomic E-state index is 12.8. The fourth-order valence-corrected chi connectivity index (χ4v) is 4.47. The Hall–Kier alpha value is -2.60. The first-order chi connectivity index (χ1) is 15.5. The van der Waals surface area contributed by atoms with Gasteiger partial charge in [0.2, 0.25) is 5.91 Å². The zero-order chi connectivity index (χ0) is 22.8. The summed E-state index contributed by atoms with van der Waals surface area (Å²) in [5, 5.41) is 6.24. The molecule has 0 radical (unpaired) electrons. The Morgan fingerprint density at radius 2 is 1.94 bits per heavy atom. The molecule has 1 aromatic carbocycles. The summed E-state index contributed by atoms with van der Waals surface area (Å²) in [5.74, 6) is 0.684. The van der Waals surface area contributed by atoms with Crippen molar-refractivity contribution < 1.29 is 14.0 Å². The highest BCUT2D eigenvalue weighted by Gasteiger charge is 2.32. The van der Waals surface area contributed by atoms with Crippen molar-refractivity contribution in [2.75, 3.05) is 19.6 Å². The maximum absolute atomic E-state index is 12.8. The molecule has 0 spiro atoms. The van der Waals surface area contributed by atoms with E-state index in [1.54, 1.807) is 12.1 Å². The highest BCUT2D eigenvalue weighted by Crippen LogP contribution is 2.19. The van der Waals surface area contributed by atoms with Crippen molar-refractivity contribution in [1.29, 1.82) is 0 Å². The van der Waals surface area contributed by atoms with Gasteiger partial charge in [0.15, 0.2) is 5.76 Å². The first-order valence-electron chi connectivity index (χ1n) is 11.9. The second-order valence-corrected chi connectivity index (χ2v) is 9.16. The number of hydrogen-bond donors (Lipinski definition) is 2. The van der Waals surface area contributed by atoms with Crippen LogP contribution in [0.15, 0.2) is 53.1 Å². The maximum Gasteiger partial charge on any atom is 0.287 e. The minimum atomic E-state index is -0.195. The lowest BCUT2D eigenvalue weighted by Crippen LogP contribution is -2.50. The standard InChI is InChI=1S/C26H37N3O3/c1-20(2)18-22(28-26(31)24-14-9-17-32-24)19-29-16-8-13-23(29)25(30)27-15-7-6-12-21-10-4-3-5-11-21/h3-5,9-11,14,17,20,22-23H,6-8,12-13,15-16,18-19H2,1-2H3,(H,27,30)(H,28,31)/t22-,23-/m0/s1. The smallest absolute Gasteiger partial charge is 0.287 e. The van der Waals surface area contributed by atoms with Gasteiger partial charge in [0, 0.05) is 19.1 Å². The third-order valence-corrected chi connectivity index (χ3v) is 5.99. The number of rotatable bonds is 12. The molecular formula is C26H37N3O3. The number of carbonyl (C=O) groups is 2. The molecule has 1 aliphatic heterocycles. The number of furan rings is 1. The summed E-state index contributed by atoms with van der Waals surface area (Å²) in [5.41, 5.74) is 1.34. The number of hydrogen-bond acceptors (Lipinski definition) is 4. The van der Waals surface area contributed by atoms with Crippen molar-refractivity contribution >= 4 is 11.8 Å². The molecule has 6 heteroatoms. The summed E-state index contributed by atoms with van der Waals surface area (Å²) >= 11 is 0. The molecule has 0 unspecified atom stereocenters. The molecule has 174 valence electrons. The predicted molar refractivity (Wildman–Crippen MR) is 126 cm³/mol. The molecule has 0 saturated carbocycles. The van der Waals surface area contributed by atoms with Gasteiger partial charge in [0.05, 0.1) is 12.3 Å². The summed E-state index contributed by atoms with van der Waals surface area (Å²) in [7, 11) is 0. The minimum absolute atomic E-state index is 0.0214. The summed E-state index contributed by atoms with van der Waals surface area (Å²) in [6, 6.07) is 13.7. The van der Waals surface area contributed by atoms with E-state index in [2.05, 4.69) is 53.6 Å². The Morgan fingerprint density at radius 1 is 1.12 bits per heavy atom. The zero-order valence-electron chi connectivity index (χ0n) is 19.4. The van der Waals surface area contributed by atoms with Crippen LogP contribution in [0.5, 0.6) is 0 Å². The van der Waals surface area contributed by atoms with Crippen LogP contribution in [0.3, 0.4) is 0 Å². The minimum Gasteiger partial charge on any atom is -0.459 e. The van der Waals surface area contributed by atoms with Gasteiger partial charge in [-0.2, -0.15) is 0 Å². The van der Waals surface area contributed by atoms with E-state index in [-0.39, 0.29) is 23.9 Å². The van der Waals surface area contributed by atoms with Crippen LogP contribution in [0.4, 0.5) is 0 Å². The average molecular weight is 440 g/mol. The zero-order valence-corrected chi connectivity index (χ0v) is 19.4. The lowest BCUT2D eigenvalue weighted by atomic mass is 10.0. The van der Waals surface area contributed by atoms with E-state index in [0.717, 1.165) is 45.1 Å². The van der Waals surface area contributed by atoms with Gasteiger partial charge < -0.3 is 15.1 Å². The van der Waals surface area contributed by atoms with E-state index in [9.17, 15) is 9.59 Å². The van der Waals surface area contributed by atoms with E-state index >= 15 is 0 Å². The fourth-order valence-electron chi connectivity index (χ4n) is 4.47. The van der Waals surface area contributed by atoms with Crippen LogP contribution in [0.1, 0.15) is 62.1 Å². The van der Waals surface area contributed by atoms with Gasteiger partial charge in [0.1, 0.15) is 0 Å². The van der Waals surface area contributed by atoms with Gasteiger partial charge in [0.25, 0.3) is 5.91 Å². The molecule has 1 aliphatic rings. The molecule has 2 aromatic rings. The van der Waals surface area contributed by atoms with E-state index in [1.807, 2.05) is 6.07 Å². The van der Waals surface area contributed by atoms with Crippen molar-refractivity contribution in [3.05, 3.63) is 60.1 Å². The van der Waals surface area contributed by atoms with E-state index in [0.29, 0.717) is 24.8 Å². The van der Waals surface area contributed by atoms with Crippen LogP contribution >= 0.6 is 0 Å². The highest BCUT2D eigenvalue weighted by atomic mass is 16.3. The topological polar surface area (TPSA) is 74.6 Å². The molecule has 2 heterocycles. The number of benzene rings is 1. The van der Waals surface area contributed by atoms with Gasteiger partial charge in [-0.15, -0.1) is 0 Å². The van der Waals surface area contributed by atoms with Gasteiger partial charge in [-0.25, -0.2) is 0 Å². The predicted octanol–water partition coefficient (Wildman–Crippen LogP) is 4.03. The van der Waals surface area contributed by atoms with Crippen LogP contribution in [0.2, 0.25) is 0 Å². The molecule has 3 rings (SSSR count). The third kappa shape index (κ3) is 7.52. The first-order valence-corrected chi connectivity index (χ1v) is 11.9. The normalized spacial score (nSPS) is 17.4. The van der Waals surface area contributed by atoms with Gasteiger partial charge >= 0.3 is 0 Å². The molecule has 6 nitrogen and oxygen atoms in total. The van der Waals surface area contributed by atoms with Crippen LogP contribution in [-0.4, -0.2) is 48.4 Å². The quantitative estimate of drug-likeness (QED) is 0.490. The molecule has 1 fully saturated rings. The second kappa shape index (κ2) is 12.4. The monoisotopic (exact) mass is 439 g/mol. The van der Waals surface area contributed by atoms with E-state index in [1.165, 1.54) is 11.8 Å². The highest BCUT2D eigenvalue weighted by molar-refractivity contribution is 5.91. The number of aryl methyl sites for hydroxylation is 1. The van der Waals surface area contributed by atoms with Crippen molar-refractivity contribution in [2.24, 2.45) is 5.92 Å². The fraction of sp³-hybridized carbons (Fsp3) is 0.538. The van der Waals surface area contributed by atoms with Crippen molar-refractivity contribution in [3.8, 4) is 0 Å². The molecule has 1 aromatic heterocycles.